The number of nitrogens with one attached hydrogen (secondary N) is 1. The Balaban J connectivity index is 1.88. The molecule has 0 spiro atoms. The molecule has 0 aliphatic carbocycles. The van der Waals surface area contributed by atoms with Crippen molar-refractivity contribution in [2.45, 2.75) is 6.54 Å². The molecule has 7 heteroatoms. The van der Waals surface area contributed by atoms with Crippen molar-refractivity contribution < 1.29 is 9.18 Å². The Morgan fingerprint density at radius 1 is 1.43 bits per heavy atom. The van der Waals surface area contributed by atoms with E-state index in [4.69, 9.17) is 16.9 Å². The number of nitriles is 1. The van der Waals surface area contributed by atoms with Gasteiger partial charge in [-0.25, -0.2) is 9.37 Å². The summed E-state index contributed by atoms with van der Waals surface area (Å²) in [6, 6.07) is 9.59. The van der Waals surface area contributed by atoms with Gasteiger partial charge in [0, 0.05) is 19.8 Å². The minimum Gasteiger partial charge on any atom is -0.350 e. The second-order valence-corrected chi connectivity index (χ2v) is 5.31. The van der Waals surface area contributed by atoms with Crippen LogP contribution in [0.4, 0.5) is 10.2 Å². The van der Waals surface area contributed by atoms with Crippen LogP contribution < -0.4 is 10.2 Å². The van der Waals surface area contributed by atoms with Crippen LogP contribution in [0.1, 0.15) is 11.1 Å². The first-order valence-electron chi connectivity index (χ1n) is 6.77. The summed E-state index contributed by atoms with van der Waals surface area (Å²) in [5.74, 6) is -0.114. The number of anilines is 1. The van der Waals surface area contributed by atoms with E-state index in [0.29, 0.717) is 16.9 Å². The zero-order valence-corrected chi connectivity index (χ0v) is 13.1. The highest BCUT2D eigenvalue weighted by molar-refractivity contribution is 6.30. The van der Waals surface area contributed by atoms with Gasteiger partial charge in [0.1, 0.15) is 17.7 Å². The van der Waals surface area contributed by atoms with E-state index in [2.05, 4.69) is 10.3 Å². The van der Waals surface area contributed by atoms with Crippen molar-refractivity contribution >= 4 is 23.3 Å². The van der Waals surface area contributed by atoms with Crippen molar-refractivity contribution in [1.29, 1.82) is 5.26 Å². The molecule has 0 atom stereocenters. The van der Waals surface area contributed by atoms with E-state index in [9.17, 15) is 9.18 Å². The summed E-state index contributed by atoms with van der Waals surface area (Å²) >= 11 is 5.69. The normalized spacial score (nSPS) is 10.0. The molecule has 2 aromatic rings. The van der Waals surface area contributed by atoms with Crippen molar-refractivity contribution in [3.05, 3.63) is 58.5 Å². The van der Waals surface area contributed by atoms with Gasteiger partial charge in [-0.3, -0.25) is 4.79 Å². The standard InChI is InChI=1S/C16H14ClFN4O/c1-22(15-5-3-12(7-19)9-20-15)10-16(23)21-8-11-2-4-14(18)13(17)6-11/h2-6,9H,8,10H2,1H3,(H,21,23). The van der Waals surface area contributed by atoms with Crippen molar-refractivity contribution in [3.8, 4) is 6.07 Å². The van der Waals surface area contributed by atoms with Gasteiger partial charge in [-0.15, -0.1) is 0 Å². The number of benzene rings is 1. The molecule has 0 fully saturated rings. The smallest absolute Gasteiger partial charge is 0.239 e. The summed E-state index contributed by atoms with van der Waals surface area (Å²) in [5.41, 5.74) is 1.17. The number of pyridine rings is 1. The number of likely N-dealkylation sites (N-methyl/N-ethyl adjacent to an activating group) is 1. The molecule has 0 radical (unpaired) electrons. The van der Waals surface area contributed by atoms with Gasteiger partial charge in [0.2, 0.25) is 5.91 Å². The van der Waals surface area contributed by atoms with Crippen LogP contribution in [0.15, 0.2) is 36.5 Å². The third-order valence-electron chi connectivity index (χ3n) is 3.12. The first kappa shape index (κ1) is 16.7. The zero-order chi connectivity index (χ0) is 16.8. The number of amides is 1. The first-order chi connectivity index (χ1) is 11.0. The monoisotopic (exact) mass is 332 g/mol. The topological polar surface area (TPSA) is 69.0 Å². The predicted molar refractivity (Wildman–Crippen MR) is 85.5 cm³/mol. The zero-order valence-electron chi connectivity index (χ0n) is 12.4. The minimum atomic E-state index is -0.492. The summed E-state index contributed by atoms with van der Waals surface area (Å²) < 4.78 is 13.1. The molecule has 0 saturated heterocycles. The van der Waals surface area contributed by atoms with Gasteiger partial charge in [-0.1, -0.05) is 17.7 Å². The second kappa shape index (κ2) is 7.56. The number of carbonyl (C=O) groups is 1. The lowest BCUT2D eigenvalue weighted by molar-refractivity contribution is -0.119. The van der Waals surface area contributed by atoms with Gasteiger partial charge in [0.15, 0.2) is 0 Å². The van der Waals surface area contributed by atoms with Crippen LogP contribution in [-0.2, 0) is 11.3 Å². The maximum absolute atomic E-state index is 13.1. The summed E-state index contributed by atoms with van der Waals surface area (Å²) in [6.45, 7) is 0.362. The van der Waals surface area contributed by atoms with Crippen LogP contribution in [0.3, 0.4) is 0 Å². The second-order valence-electron chi connectivity index (χ2n) is 4.90. The fourth-order valence-electron chi connectivity index (χ4n) is 1.88. The molecule has 1 heterocycles. The van der Waals surface area contributed by atoms with Gasteiger partial charge < -0.3 is 10.2 Å². The molecule has 0 bridgehead atoms. The van der Waals surface area contributed by atoms with Crippen LogP contribution in [0.5, 0.6) is 0 Å². The van der Waals surface area contributed by atoms with Gasteiger partial charge in [0.25, 0.3) is 0 Å². The lowest BCUT2D eigenvalue weighted by atomic mass is 10.2. The molecule has 1 N–H and O–H groups in total. The van der Waals surface area contributed by atoms with Crippen molar-refractivity contribution in [3.63, 3.8) is 0 Å². The van der Waals surface area contributed by atoms with E-state index in [1.165, 1.54) is 18.3 Å². The molecule has 0 aliphatic heterocycles. The van der Waals surface area contributed by atoms with Crippen molar-refractivity contribution in [2.24, 2.45) is 0 Å². The molecule has 1 aromatic heterocycles. The molecule has 118 valence electrons. The number of aromatic nitrogens is 1. The van der Waals surface area contributed by atoms with Crippen LogP contribution in [-0.4, -0.2) is 24.5 Å². The molecule has 2 rings (SSSR count). The van der Waals surface area contributed by atoms with Gasteiger partial charge in [-0.2, -0.15) is 5.26 Å². The Kier molecular flexibility index (Phi) is 5.50. The number of hydrogen-bond donors (Lipinski definition) is 1. The van der Waals surface area contributed by atoms with E-state index in [1.54, 1.807) is 30.1 Å². The highest BCUT2D eigenvalue weighted by atomic mass is 35.5. The lowest BCUT2D eigenvalue weighted by Crippen LogP contribution is -2.35. The van der Waals surface area contributed by atoms with Crippen LogP contribution >= 0.6 is 11.6 Å². The Bertz CT molecular complexity index is 743. The number of rotatable bonds is 5. The number of nitrogens with zero attached hydrogens (tertiary/aromatic N) is 3. The molecule has 5 nitrogen and oxygen atoms in total. The van der Waals surface area contributed by atoms with E-state index in [0.717, 1.165) is 0 Å². The van der Waals surface area contributed by atoms with E-state index >= 15 is 0 Å². The van der Waals surface area contributed by atoms with E-state index in [1.807, 2.05) is 6.07 Å². The largest absolute Gasteiger partial charge is 0.350 e. The quantitative estimate of drug-likeness (QED) is 0.913. The molecule has 23 heavy (non-hydrogen) atoms. The van der Waals surface area contributed by atoms with Crippen LogP contribution in [0, 0.1) is 17.1 Å². The van der Waals surface area contributed by atoms with Crippen molar-refractivity contribution in [1.82, 2.24) is 10.3 Å². The summed E-state index contributed by atoms with van der Waals surface area (Å²) in [7, 11) is 1.72. The highest BCUT2D eigenvalue weighted by Gasteiger charge is 2.09. The van der Waals surface area contributed by atoms with Crippen LogP contribution in [0.25, 0.3) is 0 Å². The number of carbonyl (C=O) groups excluding carboxylic acids is 1. The molecule has 0 aliphatic rings. The average Bonchev–Trinajstić information content (AvgIpc) is 2.56. The Morgan fingerprint density at radius 3 is 2.83 bits per heavy atom. The minimum absolute atomic E-state index is 0.0237. The van der Waals surface area contributed by atoms with Gasteiger partial charge in [-0.05, 0) is 29.8 Å². The Morgan fingerprint density at radius 2 is 2.22 bits per heavy atom. The predicted octanol–water partition coefficient (Wildman–Crippen LogP) is 2.50. The number of hydrogen-bond acceptors (Lipinski definition) is 4. The maximum atomic E-state index is 13.1. The van der Waals surface area contributed by atoms with Crippen LogP contribution in [0.2, 0.25) is 5.02 Å². The molecular weight excluding hydrogens is 319 g/mol. The lowest BCUT2D eigenvalue weighted by Gasteiger charge is -2.17. The Hall–Kier alpha value is -2.65. The fourth-order valence-corrected chi connectivity index (χ4v) is 2.08. The van der Waals surface area contributed by atoms with E-state index in [-0.39, 0.29) is 24.0 Å². The van der Waals surface area contributed by atoms with Crippen molar-refractivity contribution in [2.75, 3.05) is 18.5 Å². The third-order valence-corrected chi connectivity index (χ3v) is 3.41. The highest BCUT2D eigenvalue weighted by Crippen LogP contribution is 2.15. The molecule has 1 amide bonds. The van der Waals surface area contributed by atoms with Gasteiger partial charge in [0.05, 0.1) is 17.1 Å². The summed E-state index contributed by atoms with van der Waals surface area (Å²) in [5, 5.41) is 11.5. The van der Waals surface area contributed by atoms with Gasteiger partial charge >= 0.3 is 0 Å². The molecule has 0 saturated carbocycles. The number of halogens is 2. The van der Waals surface area contributed by atoms with E-state index < -0.39 is 5.82 Å². The summed E-state index contributed by atoms with van der Waals surface area (Å²) in [4.78, 5) is 17.7. The molecular formula is C16H14ClFN4O. The average molecular weight is 333 g/mol. The maximum Gasteiger partial charge on any atom is 0.239 e. The fraction of sp³-hybridized carbons (Fsp3) is 0.188. The summed E-state index contributed by atoms with van der Waals surface area (Å²) in [6.07, 6.45) is 1.45. The molecule has 0 unspecified atom stereocenters. The first-order valence-corrected chi connectivity index (χ1v) is 7.15. The SMILES string of the molecule is CN(CC(=O)NCc1ccc(F)c(Cl)c1)c1ccc(C#N)cn1. The molecule has 1 aromatic carbocycles. The third kappa shape index (κ3) is 4.66. The Labute approximate surface area is 138 Å².